The van der Waals surface area contributed by atoms with Gasteiger partial charge in [-0.05, 0) is 109 Å². The van der Waals surface area contributed by atoms with E-state index in [4.69, 9.17) is 14.7 Å². The number of aromatic nitrogens is 5. The second-order valence-corrected chi connectivity index (χ2v) is 19.2. The highest BCUT2D eigenvalue weighted by molar-refractivity contribution is 6.12. The Morgan fingerprint density at radius 1 is 0.356 bits per heavy atom. The summed E-state index contributed by atoms with van der Waals surface area (Å²) in [7, 11) is 0. The number of hydrogen-bond acceptors (Lipinski definition) is 4. The molecular weight excluding hydrogens is 893 g/mol. The molecule has 14 aromatic rings. The van der Waals surface area contributed by atoms with E-state index in [9.17, 15) is 5.26 Å². The summed E-state index contributed by atoms with van der Waals surface area (Å²) in [6, 6.07) is 79.9. The molecule has 1 spiro atoms. The first-order valence-electron chi connectivity index (χ1n) is 24.6. The average molecular weight is 931 g/mol. The van der Waals surface area contributed by atoms with Gasteiger partial charge in [-0.2, -0.15) is 5.26 Å². The quantitative estimate of drug-likeness (QED) is 0.176. The SMILES string of the molecule is N#Cc1ccc2c(c1)c1cc(-c3cnc4c(c3)C3(c5ccccc5Oc5ccccc53)c3cc(-n5c6ccccc6c6ccccc65)cnc3-4)ccc1n2-c1ccc(-n2c3ccccc3c3ccccc32)cc1. The summed E-state index contributed by atoms with van der Waals surface area (Å²) >= 11 is 0. The van der Waals surface area contributed by atoms with Crippen LogP contribution in [0.3, 0.4) is 0 Å². The Hall–Kier alpha value is -10.0. The van der Waals surface area contributed by atoms with Crippen LogP contribution in [0.4, 0.5) is 0 Å². The fraction of sp³-hybridized carbons (Fsp3) is 0.0152. The van der Waals surface area contributed by atoms with Crippen molar-refractivity contribution in [3.63, 3.8) is 0 Å². The Morgan fingerprint density at radius 2 is 0.795 bits per heavy atom. The number of fused-ring (bicyclic) bond motifs is 18. The van der Waals surface area contributed by atoms with Crippen LogP contribution in [0, 0.1) is 11.3 Å². The number of nitriles is 1. The molecule has 0 unspecified atom stereocenters. The molecule has 0 amide bonds. The zero-order valence-corrected chi connectivity index (χ0v) is 39.0. The van der Waals surface area contributed by atoms with Gasteiger partial charge in [0.15, 0.2) is 0 Å². The van der Waals surface area contributed by atoms with E-state index in [1.54, 1.807) is 0 Å². The fourth-order valence-corrected chi connectivity index (χ4v) is 12.6. The monoisotopic (exact) mass is 930 g/mol. The van der Waals surface area contributed by atoms with Crippen molar-refractivity contribution in [2.45, 2.75) is 5.41 Å². The van der Waals surface area contributed by atoms with E-state index >= 15 is 0 Å². The van der Waals surface area contributed by atoms with Gasteiger partial charge in [0.05, 0.1) is 73.4 Å². The van der Waals surface area contributed by atoms with Gasteiger partial charge in [0, 0.05) is 77.7 Å². The molecule has 0 N–H and O–H groups in total. The third-order valence-corrected chi connectivity index (χ3v) is 15.6. The minimum atomic E-state index is -0.811. The van der Waals surface area contributed by atoms with E-state index in [0.717, 1.165) is 106 Å². The van der Waals surface area contributed by atoms with Gasteiger partial charge in [-0.15, -0.1) is 0 Å². The van der Waals surface area contributed by atoms with E-state index < -0.39 is 5.41 Å². The van der Waals surface area contributed by atoms with Crippen molar-refractivity contribution < 1.29 is 4.74 Å². The summed E-state index contributed by atoms with van der Waals surface area (Å²) in [6.07, 6.45) is 4.00. The van der Waals surface area contributed by atoms with Gasteiger partial charge in [-0.1, -0.05) is 115 Å². The number of pyridine rings is 2. The molecule has 9 aromatic carbocycles. The molecule has 0 radical (unpaired) electrons. The third-order valence-electron chi connectivity index (χ3n) is 15.6. The van der Waals surface area contributed by atoms with Crippen LogP contribution in [-0.2, 0) is 5.41 Å². The zero-order chi connectivity index (χ0) is 47.9. The maximum atomic E-state index is 10.2. The smallest absolute Gasteiger partial charge is 0.132 e. The van der Waals surface area contributed by atoms with Gasteiger partial charge >= 0.3 is 0 Å². The normalized spacial score (nSPS) is 13.1. The summed E-state index contributed by atoms with van der Waals surface area (Å²) in [5.41, 5.74) is 17.4. The van der Waals surface area contributed by atoms with Gasteiger partial charge in [-0.25, -0.2) is 0 Å². The van der Waals surface area contributed by atoms with E-state index in [0.29, 0.717) is 5.56 Å². The highest BCUT2D eigenvalue weighted by Crippen LogP contribution is 2.62. The highest BCUT2D eigenvalue weighted by atomic mass is 16.5. The topological polar surface area (TPSA) is 73.6 Å². The number of ether oxygens (including phenoxy) is 1. The minimum Gasteiger partial charge on any atom is -0.457 e. The molecule has 0 atom stereocenters. The van der Waals surface area contributed by atoms with Crippen molar-refractivity contribution in [1.29, 1.82) is 5.26 Å². The number of rotatable bonds is 4. The van der Waals surface area contributed by atoms with E-state index in [1.807, 2.05) is 36.7 Å². The Kier molecular flexibility index (Phi) is 8.04. The van der Waals surface area contributed by atoms with Crippen LogP contribution in [0.2, 0.25) is 0 Å². The summed E-state index contributed by atoms with van der Waals surface area (Å²) in [6.45, 7) is 0. The molecule has 0 saturated carbocycles. The molecule has 2 aliphatic rings. The van der Waals surface area contributed by atoms with Crippen molar-refractivity contribution in [2.24, 2.45) is 0 Å². The van der Waals surface area contributed by atoms with Gasteiger partial charge in [0.25, 0.3) is 0 Å². The summed E-state index contributed by atoms with van der Waals surface area (Å²) in [5, 5.41) is 17.1. The van der Waals surface area contributed by atoms with Crippen molar-refractivity contribution in [3.8, 4) is 57.1 Å². The number of nitrogens with zero attached hydrogens (tertiary/aromatic N) is 6. The van der Waals surface area contributed by atoms with Crippen LogP contribution in [0.15, 0.2) is 231 Å². The van der Waals surface area contributed by atoms with Gasteiger partial charge in [0.2, 0.25) is 0 Å². The van der Waals surface area contributed by atoms with Crippen LogP contribution in [0.1, 0.15) is 27.8 Å². The minimum absolute atomic E-state index is 0.613. The molecule has 16 rings (SSSR count). The molecule has 0 bridgehead atoms. The molecule has 338 valence electrons. The van der Waals surface area contributed by atoms with Crippen LogP contribution in [-0.4, -0.2) is 23.7 Å². The molecule has 5 aromatic heterocycles. The largest absolute Gasteiger partial charge is 0.457 e. The zero-order valence-electron chi connectivity index (χ0n) is 39.0. The van der Waals surface area contributed by atoms with E-state index in [2.05, 4.69) is 214 Å². The molecule has 7 heteroatoms. The van der Waals surface area contributed by atoms with Gasteiger partial charge in [-0.3, -0.25) is 9.97 Å². The first-order valence-corrected chi connectivity index (χ1v) is 24.6. The fourth-order valence-electron chi connectivity index (χ4n) is 12.6. The van der Waals surface area contributed by atoms with Gasteiger partial charge < -0.3 is 18.4 Å². The van der Waals surface area contributed by atoms with Crippen molar-refractivity contribution in [2.75, 3.05) is 0 Å². The lowest BCUT2D eigenvalue weighted by Crippen LogP contribution is -2.32. The van der Waals surface area contributed by atoms with Crippen molar-refractivity contribution in [1.82, 2.24) is 23.7 Å². The molecule has 0 saturated heterocycles. The van der Waals surface area contributed by atoms with Gasteiger partial charge in [0.1, 0.15) is 11.5 Å². The summed E-state index contributed by atoms with van der Waals surface area (Å²) in [4.78, 5) is 10.8. The first kappa shape index (κ1) is 39.8. The highest BCUT2D eigenvalue weighted by Gasteiger charge is 2.53. The molecular formula is C66H38N6O. The lowest BCUT2D eigenvalue weighted by Gasteiger charge is -2.39. The van der Waals surface area contributed by atoms with Crippen LogP contribution in [0.25, 0.3) is 105 Å². The molecule has 6 heterocycles. The molecule has 1 aliphatic heterocycles. The average Bonchev–Trinajstić information content (AvgIpc) is 4.21. The summed E-state index contributed by atoms with van der Waals surface area (Å²) in [5.74, 6) is 1.61. The lowest BCUT2D eigenvalue weighted by atomic mass is 9.66. The number of para-hydroxylation sites is 6. The van der Waals surface area contributed by atoms with Crippen LogP contribution >= 0.6 is 0 Å². The lowest BCUT2D eigenvalue weighted by molar-refractivity contribution is 0.436. The number of hydrogen-bond donors (Lipinski definition) is 0. The molecule has 1 aliphatic carbocycles. The maximum Gasteiger partial charge on any atom is 0.132 e. The van der Waals surface area contributed by atoms with Crippen LogP contribution < -0.4 is 4.74 Å². The van der Waals surface area contributed by atoms with Crippen molar-refractivity contribution in [3.05, 3.63) is 259 Å². The Morgan fingerprint density at radius 3 is 1.34 bits per heavy atom. The number of benzene rings is 9. The Balaban J connectivity index is 0.886. The predicted octanol–water partition coefficient (Wildman–Crippen LogP) is 15.8. The van der Waals surface area contributed by atoms with E-state index in [1.165, 1.54) is 32.6 Å². The third kappa shape index (κ3) is 5.36. The molecule has 73 heavy (non-hydrogen) atoms. The molecule has 0 fully saturated rings. The maximum absolute atomic E-state index is 10.2. The predicted molar refractivity (Wildman–Crippen MR) is 293 cm³/mol. The van der Waals surface area contributed by atoms with E-state index in [-0.39, 0.29) is 0 Å². The second kappa shape index (κ2) is 14.8. The Bertz CT molecular complexity index is 4590. The first-order chi connectivity index (χ1) is 36.2. The van der Waals surface area contributed by atoms with Crippen molar-refractivity contribution >= 4 is 65.4 Å². The standard InChI is InChI=1S/C66H38N6O/c67-37-40-25-31-60-50(33-40)51-34-41(26-32-61(51)71(60)44-29-27-43(28-30-44)70-56-19-7-1-13-46(56)47-14-2-8-20-57(47)70)42-35-54-64(68-38-42)65-55(66(54)52-17-5-11-23-62(52)73-63-24-12-6-18-53(63)66)36-45(39-69-65)72-58-21-9-3-15-48(58)49-16-4-10-22-59(49)72/h1-36,38-39H. The summed E-state index contributed by atoms with van der Waals surface area (Å²) < 4.78 is 13.8. The molecule has 7 nitrogen and oxygen atoms in total. The Labute approximate surface area is 418 Å². The van der Waals surface area contributed by atoms with Crippen LogP contribution in [0.5, 0.6) is 11.5 Å². The second-order valence-electron chi connectivity index (χ2n) is 19.2.